The highest BCUT2D eigenvalue weighted by Gasteiger charge is 2.18. The number of carboxylic acid groups (broad SMARTS) is 1. The van der Waals surface area contributed by atoms with Crippen LogP contribution in [0.4, 0.5) is 0 Å². The second-order valence-electron chi connectivity index (χ2n) is 4.47. The van der Waals surface area contributed by atoms with Crippen molar-refractivity contribution in [1.29, 1.82) is 0 Å². The van der Waals surface area contributed by atoms with E-state index in [-0.39, 0.29) is 18.1 Å². The first-order valence-corrected chi connectivity index (χ1v) is 6.21. The van der Waals surface area contributed by atoms with Crippen molar-refractivity contribution in [3.8, 4) is 0 Å². The molecule has 0 bridgehead atoms. The third-order valence-corrected chi connectivity index (χ3v) is 3.18. The van der Waals surface area contributed by atoms with Gasteiger partial charge in [-0.25, -0.2) is 9.48 Å². The molecule has 1 N–H and O–H groups in total. The average Bonchev–Trinajstić information content (AvgIpc) is 2.63. The molecule has 0 radical (unpaired) electrons. The van der Waals surface area contributed by atoms with E-state index < -0.39 is 5.97 Å². The molecule has 0 spiro atoms. The third-order valence-electron chi connectivity index (χ3n) is 3.18. The number of hydrogen-bond acceptors (Lipinski definition) is 3. The molecular formula is C12H17N3O3. The molecule has 0 unspecified atom stereocenters. The van der Waals surface area contributed by atoms with Crippen LogP contribution in [-0.4, -0.2) is 44.8 Å². The number of amides is 1. The molecule has 2 heterocycles. The van der Waals surface area contributed by atoms with Gasteiger partial charge in [-0.3, -0.25) is 4.79 Å². The third kappa shape index (κ3) is 2.88. The van der Waals surface area contributed by atoms with Crippen LogP contribution in [0.1, 0.15) is 36.2 Å². The molecule has 0 aliphatic carbocycles. The zero-order valence-electron chi connectivity index (χ0n) is 10.2. The Bertz CT molecular complexity index is 434. The first kappa shape index (κ1) is 12.6. The van der Waals surface area contributed by atoms with Gasteiger partial charge >= 0.3 is 5.97 Å². The Balaban J connectivity index is 2.01. The van der Waals surface area contributed by atoms with Crippen LogP contribution in [0.3, 0.4) is 0 Å². The smallest absolute Gasteiger partial charge is 0.354 e. The van der Waals surface area contributed by atoms with Crippen molar-refractivity contribution in [2.45, 2.75) is 32.2 Å². The van der Waals surface area contributed by atoms with Gasteiger partial charge in [0.2, 0.25) is 5.91 Å². The largest absolute Gasteiger partial charge is 0.477 e. The minimum Gasteiger partial charge on any atom is -0.477 e. The Morgan fingerprint density at radius 3 is 2.50 bits per heavy atom. The maximum Gasteiger partial charge on any atom is 0.354 e. The summed E-state index contributed by atoms with van der Waals surface area (Å²) < 4.78 is 1.25. The summed E-state index contributed by atoms with van der Waals surface area (Å²) in [6.07, 6.45) is 5.77. The minimum atomic E-state index is -1.06. The van der Waals surface area contributed by atoms with Gasteiger partial charge in [0.15, 0.2) is 0 Å². The van der Waals surface area contributed by atoms with Crippen LogP contribution in [0, 0.1) is 0 Å². The first-order chi connectivity index (χ1) is 8.68. The van der Waals surface area contributed by atoms with Gasteiger partial charge in [-0.1, -0.05) is 12.8 Å². The van der Waals surface area contributed by atoms with Crippen LogP contribution in [0.25, 0.3) is 0 Å². The van der Waals surface area contributed by atoms with Crippen LogP contribution in [-0.2, 0) is 11.3 Å². The van der Waals surface area contributed by atoms with E-state index in [2.05, 4.69) is 5.10 Å². The van der Waals surface area contributed by atoms with Gasteiger partial charge in [0.05, 0.1) is 0 Å². The van der Waals surface area contributed by atoms with Crippen molar-refractivity contribution in [1.82, 2.24) is 14.7 Å². The normalized spacial score (nSPS) is 16.3. The highest BCUT2D eigenvalue weighted by atomic mass is 16.4. The lowest BCUT2D eigenvalue weighted by Crippen LogP contribution is -2.35. The molecular weight excluding hydrogens is 234 g/mol. The summed E-state index contributed by atoms with van der Waals surface area (Å²) in [7, 11) is 0. The Labute approximate surface area is 105 Å². The zero-order valence-corrected chi connectivity index (χ0v) is 10.2. The average molecular weight is 251 g/mol. The molecule has 1 aliphatic rings. The van der Waals surface area contributed by atoms with Gasteiger partial charge in [-0.15, -0.1) is 0 Å². The number of carbonyl (C=O) groups is 2. The van der Waals surface area contributed by atoms with Crippen molar-refractivity contribution in [3.63, 3.8) is 0 Å². The fourth-order valence-corrected chi connectivity index (χ4v) is 2.19. The number of nitrogens with zero attached hydrogens (tertiary/aromatic N) is 3. The lowest BCUT2D eigenvalue weighted by Gasteiger charge is -2.20. The number of hydrogen-bond donors (Lipinski definition) is 1. The van der Waals surface area contributed by atoms with Crippen LogP contribution in [0.2, 0.25) is 0 Å². The van der Waals surface area contributed by atoms with E-state index in [0.717, 1.165) is 38.8 Å². The van der Waals surface area contributed by atoms with Gasteiger partial charge < -0.3 is 10.0 Å². The summed E-state index contributed by atoms with van der Waals surface area (Å²) in [5.74, 6) is -1.11. The second-order valence-corrected chi connectivity index (χ2v) is 4.47. The molecule has 1 amide bonds. The fourth-order valence-electron chi connectivity index (χ4n) is 2.19. The first-order valence-electron chi connectivity index (χ1n) is 6.21. The van der Waals surface area contributed by atoms with E-state index in [9.17, 15) is 9.59 Å². The van der Waals surface area contributed by atoms with Crippen molar-refractivity contribution in [2.24, 2.45) is 0 Å². The number of aromatic carboxylic acids is 1. The van der Waals surface area contributed by atoms with Gasteiger partial charge in [-0.05, 0) is 18.9 Å². The number of carboxylic acids is 1. The molecule has 1 aromatic heterocycles. The predicted molar refractivity (Wildman–Crippen MR) is 64.2 cm³/mol. The summed E-state index contributed by atoms with van der Waals surface area (Å²) in [6.45, 7) is 1.54. The Hall–Kier alpha value is -1.85. The number of rotatable bonds is 3. The Morgan fingerprint density at radius 2 is 1.89 bits per heavy atom. The summed E-state index contributed by atoms with van der Waals surface area (Å²) in [5.41, 5.74) is 0.0539. The molecule has 2 rings (SSSR count). The van der Waals surface area contributed by atoms with Crippen LogP contribution in [0.5, 0.6) is 0 Å². The number of aromatic nitrogens is 2. The molecule has 1 fully saturated rings. The molecule has 1 saturated heterocycles. The summed E-state index contributed by atoms with van der Waals surface area (Å²) in [4.78, 5) is 24.8. The highest BCUT2D eigenvalue weighted by Crippen LogP contribution is 2.10. The van der Waals surface area contributed by atoms with Crippen LogP contribution < -0.4 is 0 Å². The van der Waals surface area contributed by atoms with E-state index >= 15 is 0 Å². The molecule has 1 aromatic rings. The molecule has 0 aromatic carbocycles. The van der Waals surface area contributed by atoms with Gasteiger partial charge in [0.25, 0.3) is 0 Å². The van der Waals surface area contributed by atoms with E-state index in [0.29, 0.717) is 0 Å². The monoisotopic (exact) mass is 251 g/mol. The van der Waals surface area contributed by atoms with E-state index in [1.807, 2.05) is 0 Å². The lowest BCUT2D eigenvalue weighted by molar-refractivity contribution is -0.132. The van der Waals surface area contributed by atoms with Gasteiger partial charge in [0.1, 0.15) is 12.2 Å². The molecule has 0 saturated carbocycles. The molecule has 6 nitrogen and oxygen atoms in total. The second kappa shape index (κ2) is 5.66. The van der Waals surface area contributed by atoms with Crippen LogP contribution in [0.15, 0.2) is 12.3 Å². The van der Waals surface area contributed by atoms with E-state index in [1.165, 1.54) is 16.9 Å². The highest BCUT2D eigenvalue weighted by molar-refractivity contribution is 5.86. The standard InChI is InChI=1S/C12H17N3O3/c16-11(14-7-3-1-2-4-8-14)9-15-10(12(17)18)5-6-13-15/h5-6H,1-4,7-9H2,(H,17,18). The van der Waals surface area contributed by atoms with Gasteiger partial charge in [-0.2, -0.15) is 5.10 Å². The summed E-state index contributed by atoms with van der Waals surface area (Å²) in [5, 5.41) is 12.8. The number of likely N-dealkylation sites (tertiary alicyclic amines) is 1. The quantitative estimate of drug-likeness (QED) is 0.869. The molecule has 1 aliphatic heterocycles. The molecule has 0 atom stereocenters. The predicted octanol–water partition coefficient (Wildman–Crippen LogP) is 0.984. The Kier molecular flexibility index (Phi) is 3.96. The van der Waals surface area contributed by atoms with Gasteiger partial charge in [0, 0.05) is 19.3 Å². The topological polar surface area (TPSA) is 75.4 Å². The zero-order chi connectivity index (χ0) is 13.0. The fraction of sp³-hybridized carbons (Fsp3) is 0.583. The van der Waals surface area contributed by atoms with Crippen molar-refractivity contribution in [2.75, 3.05) is 13.1 Å². The number of carbonyl (C=O) groups excluding carboxylic acids is 1. The molecule has 18 heavy (non-hydrogen) atoms. The summed E-state index contributed by atoms with van der Waals surface area (Å²) in [6, 6.07) is 1.40. The lowest BCUT2D eigenvalue weighted by atomic mass is 10.2. The minimum absolute atomic E-state index is 0.00856. The maximum absolute atomic E-state index is 12.1. The molecule has 98 valence electrons. The van der Waals surface area contributed by atoms with Crippen molar-refractivity contribution < 1.29 is 14.7 Å². The van der Waals surface area contributed by atoms with E-state index in [1.54, 1.807) is 4.90 Å². The van der Waals surface area contributed by atoms with Crippen LogP contribution >= 0.6 is 0 Å². The van der Waals surface area contributed by atoms with E-state index in [4.69, 9.17) is 5.11 Å². The summed E-state index contributed by atoms with van der Waals surface area (Å²) >= 11 is 0. The van der Waals surface area contributed by atoms with Crippen molar-refractivity contribution in [3.05, 3.63) is 18.0 Å². The molecule has 6 heteroatoms. The Morgan fingerprint density at radius 1 is 1.22 bits per heavy atom. The SMILES string of the molecule is O=C(O)c1ccnn1CC(=O)N1CCCCCC1. The maximum atomic E-state index is 12.1. The van der Waals surface area contributed by atoms with Crippen molar-refractivity contribution >= 4 is 11.9 Å².